The quantitative estimate of drug-likeness (QED) is 0.745. The molecule has 0 spiro atoms. The maximum absolute atomic E-state index is 12.8. The Labute approximate surface area is 148 Å². The second kappa shape index (κ2) is 6.49. The van der Waals surface area contributed by atoms with Gasteiger partial charge in [0, 0.05) is 24.5 Å². The van der Waals surface area contributed by atoms with Crippen LogP contribution in [-0.4, -0.2) is 18.2 Å². The van der Waals surface area contributed by atoms with Crippen molar-refractivity contribution in [3.63, 3.8) is 0 Å². The largest absolute Gasteiger partial charge is 0.416 e. The smallest absolute Gasteiger partial charge is 0.280 e. The number of aryl methyl sites for hydroxylation is 1. The third-order valence-corrected chi connectivity index (χ3v) is 4.96. The number of rotatable bonds is 4. The molecule has 0 bridgehead atoms. The maximum Gasteiger partial charge on any atom is 0.416 e. The minimum Gasteiger partial charge on any atom is -0.280 e. The lowest BCUT2D eigenvalue weighted by molar-refractivity contribution is -0.137. The zero-order valence-corrected chi connectivity index (χ0v) is 14.3. The van der Waals surface area contributed by atoms with Crippen molar-refractivity contribution in [1.29, 1.82) is 0 Å². The van der Waals surface area contributed by atoms with Crippen LogP contribution < -0.4 is 4.72 Å². The highest BCUT2D eigenvalue weighted by Gasteiger charge is 2.31. The van der Waals surface area contributed by atoms with Crippen LogP contribution in [0.25, 0.3) is 11.3 Å². The second-order valence-electron chi connectivity index (χ2n) is 5.57. The minimum absolute atomic E-state index is 0.122. The summed E-state index contributed by atoms with van der Waals surface area (Å²) in [6.45, 7) is 0. The molecule has 2 aromatic carbocycles. The molecule has 1 heterocycles. The highest BCUT2D eigenvalue weighted by atomic mass is 32.2. The topological polar surface area (TPSA) is 64.0 Å². The number of alkyl halides is 3. The van der Waals surface area contributed by atoms with Gasteiger partial charge >= 0.3 is 6.18 Å². The summed E-state index contributed by atoms with van der Waals surface area (Å²) in [7, 11) is -2.57. The number of halogens is 3. The summed E-state index contributed by atoms with van der Waals surface area (Å²) >= 11 is 0. The van der Waals surface area contributed by atoms with Gasteiger partial charge in [0.2, 0.25) is 0 Å². The van der Waals surface area contributed by atoms with Crippen LogP contribution in [0.15, 0.2) is 65.7 Å². The van der Waals surface area contributed by atoms with E-state index in [0.29, 0.717) is 5.56 Å². The molecule has 0 saturated heterocycles. The van der Waals surface area contributed by atoms with Gasteiger partial charge in [0.05, 0.1) is 5.56 Å². The molecule has 3 rings (SSSR count). The number of nitrogens with zero attached hydrogens (tertiary/aromatic N) is 2. The molecule has 3 aromatic rings. The van der Waals surface area contributed by atoms with Crippen molar-refractivity contribution < 1.29 is 21.6 Å². The van der Waals surface area contributed by atoms with Gasteiger partial charge in [-0.1, -0.05) is 36.4 Å². The molecule has 26 heavy (non-hydrogen) atoms. The van der Waals surface area contributed by atoms with E-state index in [4.69, 9.17) is 0 Å². The van der Waals surface area contributed by atoms with Gasteiger partial charge < -0.3 is 0 Å². The minimum atomic E-state index is -4.56. The monoisotopic (exact) mass is 381 g/mol. The van der Waals surface area contributed by atoms with Crippen LogP contribution in [-0.2, 0) is 23.2 Å². The van der Waals surface area contributed by atoms with E-state index in [9.17, 15) is 21.6 Å². The van der Waals surface area contributed by atoms with Crippen LogP contribution in [0.3, 0.4) is 0 Å². The first-order valence-corrected chi connectivity index (χ1v) is 8.94. The molecule has 1 N–H and O–H groups in total. The average molecular weight is 381 g/mol. The fraction of sp³-hybridized carbons (Fsp3) is 0.118. The molecule has 5 nitrogen and oxygen atoms in total. The van der Waals surface area contributed by atoms with Gasteiger partial charge in [0.25, 0.3) is 10.0 Å². The average Bonchev–Trinajstić information content (AvgIpc) is 2.98. The Balaban J connectivity index is 2.00. The summed E-state index contributed by atoms with van der Waals surface area (Å²) in [5.74, 6) is 0. The van der Waals surface area contributed by atoms with E-state index >= 15 is 0 Å². The number of benzene rings is 2. The Morgan fingerprint density at radius 3 is 2.38 bits per heavy atom. The summed E-state index contributed by atoms with van der Waals surface area (Å²) in [5.41, 5.74) is -0.319. The van der Waals surface area contributed by atoms with E-state index < -0.39 is 21.8 Å². The van der Waals surface area contributed by atoms with Crippen molar-refractivity contribution in [2.75, 3.05) is 4.72 Å². The zero-order valence-electron chi connectivity index (χ0n) is 13.5. The standard InChI is InChI=1S/C17H14F3N3O2S/c1-23-11-15(16(21-23)12-6-3-2-4-7-12)26(24,25)22-14-9-5-8-13(10-14)17(18,19)20/h2-11,22H,1H3. The highest BCUT2D eigenvalue weighted by Crippen LogP contribution is 2.32. The molecule has 0 aliphatic carbocycles. The lowest BCUT2D eigenvalue weighted by Gasteiger charge is -2.11. The summed E-state index contributed by atoms with van der Waals surface area (Å²) in [6, 6.07) is 12.7. The third kappa shape index (κ3) is 3.72. The van der Waals surface area contributed by atoms with Crippen molar-refractivity contribution >= 4 is 15.7 Å². The van der Waals surface area contributed by atoms with E-state index in [-0.39, 0.29) is 16.3 Å². The van der Waals surface area contributed by atoms with Gasteiger partial charge in [-0.3, -0.25) is 9.40 Å². The first kappa shape index (κ1) is 18.0. The van der Waals surface area contributed by atoms with E-state index in [1.165, 1.54) is 16.9 Å². The molecule has 0 saturated carbocycles. The van der Waals surface area contributed by atoms with Gasteiger partial charge in [0.1, 0.15) is 10.6 Å². The molecule has 9 heteroatoms. The lowest BCUT2D eigenvalue weighted by Crippen LogP contribution is -2.14. The molecule has 0 radical (unpaired) electrons. The van der Waals surface area contributed by atoms with Crippen LogP contribution in [0, 0.1) is 0 Å². The van der Waals surface area contributed by atoms with Crippen LogP contribution in [0.2, 0.25) is 0 Å². The van der Waals surface area contributed by atoms with Gasteiger partial charge in [-0.05, 0) is 18.2 Å². The number of nitrogens with one attached hydrogen (secondary N) is 1. The van der Waals surface area contributed by atoms with Crippen LogP contribution in [0.5, 0.6) is 0 Å². The molecule has 0 aliphatic rings. The first-order chi connectivity index (χ1) is 12.2. The third-order valence-electron chi connectivity index (χ3n) is 3.57. The van der Waals surface area contributed by atoms with Crippen molar-refractivity contribution in [3.8, 4) is 11.3 Å². The van der Waals surface area contributed by atoms with Crippen LogP contribution >= 0.6 is 0 Å². The Bertz CT molecular complexity index is 1030. The molecule has 0 amide bonds. The molecule has 0 fully saturated rings. The fourth-order valence-electron chi connectivity index (χ4n) is 2.43. The molecule has 0 aliphatic heterocycles. The van der Waals surface area contributed by atoms with Crippen molar-refractivity contribution in [1.82, 2.24) is 9.78 Å². The number of sulfonamides is 1. The molecular weight excluding hydrogens is 367 g/mol. The Morgan fingerprint density at radius 2 is 1.73 bits per heavy atom. The molecule has 136 valence electrons. The summed E-state index contributed by atoms with van der Waals surface area (Å²) in [4.78, 5) is -0.122. The Morgan fingerprint density at radius 1 is 1.04 bits per heavy atom. The number of aromatic nitrogens is 2. The fourth-order valence-corrected chi connectivity index (χ4v) is 3.68. The van der Waals surface area contributed by atoms with Gasteiger partial charge in [-0.25, -0.2) is 8.42 Å². The lowest BCUT2D eigenvalue weighted by atomic mass is 10.2. The Kier molecular flexibility index (Phi) is 4.49. The predicted octanol–water partition coefficient (Wildman–Crippen LogP) is 3.91. The number of hydrogen-bond donors (Lipinski definition) is 1. The van der Waals surface area contributed by atoms with Crippen molar-refractivity contribution in [2.45, 2.75) is 11.1 Å². The normalized spacial score (nSPS) is 12.2. The number of hydrogen-bond acceptors (Lipinski definition) is 3. The molecule has 0 atom stereocenters. The second-order valence-corrected chi connectivity index (χ2v) is 7.22. The van der Waals surface area contributed by atoms with E-state index in [1.807, 2.05) is 0 Å². The Hall–Kier alpha value is -2.81. The van der Waals surface area contributed by atoms with Crippen molar-refractivity contribution in [2.24, 2.45) is 7.05 Å². The molecule has 0 unspecified atom stereocenters. The van der Waals surface area contributed by atoms with E-state index in [2.05, 4.69) is 9.82 Å². The van der Waals surface area contributed by atoms with Crippen LogP contribution in [0.1, 0.15) is 5.56 Å². The zero-order chi connectivity index (χ0) is 18.9. The summed E-state index contributed by atoms with van der Waals surface area (Å²) < 4.78 is 67.4. The predicted molar refractivity (Wildman–Crippen MR) is 90.9 cm³/mol. The summed E-state index contributed by atoms with van der Waals surface area (Å²) in [5, 5.41) is 4.16. The number of anilines is 1. The SMILES string of the molecule is Cn1cc(S(=O)(=O)Nc2cccc(C(F)(F)F)c2)c(-c2ccccc2)n1. The summed E-state index contributed by atoms with van der Waals surface area (Å²) in [6.07, 6.45) is -3.26. The van der Waals surface area contributed by atoms with Crippen molar-refractivity contribution in [3.05, 3.63) is 66.4 Å². The highest BCUT2D eigenvalue weighted by molar-refractivity contribution is 7.92. The van der Waals surface area contributed by atoms with E-state index in [0.717, 1.165) is 18.2 Å². The van der Waals surface area contributed by atoms with Gasteiger partial charge in [-0.2, -0.15) is 18.3 Å². The van der Waals surface area contributed by atoms with Gasteiger partial charge in [0.15, 0.2) is 0 Å². The van der Waals surface area contributed by atoms with E-state index in [1.54, 1.807) is 37.4 Å². The first-order valence-electron chi connectivity index (χ1n) is 7.46. The molecule has 1 aromatic heterocycles. The molecular formula is C17H14F3N3O2S. The maximum atomic E-state index is 12.8. The van der Waals surface area contributed by atoms with Crippen LogP contribution in [0.4, 0.5) is 18.9 Å². The van der Waals surface area contributed by atoms with Gasteiger partial charge in [-0.15, -0.1) is 0 Å².